The van der Waals surface area contributed by atoms with E-state index in [1.54, 1.807) is 0 Å². The van der Waals surface area contributed by atoms with Crippen molar-refractivity contribution in [2.24, 2.45) is 0 Å². The van der Waals surface area contributed by atoms with Crippen LogP contribution in [0.4, 0.5) is 5.95 Å². The molecule has 3 aromatic rings. The minimum Gasteiger partial charge on any atom is -0.355 e. The Hall–Kier alpha value is -2.36. The number of para-hydroxylation sites is 1. The largest absolute Gasteiger partial charge is 0.355 e. The van der Waals surface area contributed by atoms with Crippen molar-refractivity contribution in [2.45, 2.75) is 13.3 Å². The Morgan fingerprint density at radius 1 is 1.16 bits per heavy atom. The number of nitrogens with zero attached hydrogens (tertiary/aromatic N) is 2. The van der Waals surface area contributed by atoms with Crippen molar-refractivity contribution in [3.8, 4) is 0 Å². The maximum Gasteiger partial charge on any atom is 0.200 e. The number of anilines is 1. The van der Waals surface area contributed by atoms with Gasteiger partial charge in [-0.15, -0.1) is 0 Å². The maximum atomic E-state index is 4.46. The van der Waals surface area contributed by atoms with Gasteiger partial charge in [0.15, 0.2) is 5.95 Å². The van der Waals surface area contributed by atoms with E-state index in [0.29, 0.717) is 0 Å². The van der Waals surface area contributed by atoms with Crippen LogP contribution in [0.3, 0.4) is 0 Å². The predicted octanol–water partition coefficient (Wildman–Crippen LogP) is 2.92. The Morgan fingerprint density at radius 3 is 2.89 bits per heavy atom. The number of benzene rings is 1. The molecule has 0 aliphatic heterocycles. The number of nitrogens with one attached hydrogen (secondary N) is 2. The highest BCUT2D eigenvalue weighted by Crippen LogP contribution is 2.16. The summed E-state index contributed by atoms with van der Waals surface area (Å²) in [7, 11) is 0. The smallest absolute Gasteiger partial charge is 0.200 e. The lowest BCUT2D eigenvalue weighted by Gasteiger charge is -2.06. The van der Waals surface area contributed by atoms with Gasteiger partial charge >= 0.3 is 0 Å². The van der Waals surface area contributed by atoms with Crippen LogP contribution in [0, 0.1) is 6.92 Å². The number of pyridine rings is 1. The number of imidazole rings is 1. The van der Waals surface area contributed by atoms with Crippen molar-refractivity contribution in [3.63, 3.8) is 0 Å². The Kier molecular flexibility index (Phi) is 3.14. The van der Waals surface area contributed by atoms with Gasteiger partial charge in [-0.05, 0) is 25.0 Å². The predicted molar refractivity (Wildman–Crippen MR) is 77.3 cm³/mol. The van der Waals surface area contributed by atoms with Gasteiger partial charge in [0.05, 0.1) is 5.52 Å². The highest BCUT2D eigenvalue weighted by atomic mass is 15.1. The van der Waals surface area contributed by atoms with Gasteiger partial charge in [0, 0.05) is 30.0 Å². The first kappa shape index (κ1) is 11.7. The standard InChI is InChI=1S/C15H16N4/c1-11-10-18-15(19-11)17-9-7-13-5-2-4-12-6-3-8-16-14(12)13/h2-6,8,10H,7,9H2,1H3,(H2,17,18,19). The van der Waals surface area contributed by atoms with Crippen molar-refractivity contribution in [1.29, 1.82) is 0 Å². The average Bonchev–Trinajstić information content (AvgIpc) is 2.85. The normalized spacial score (nSPS) is 10.8. The molecule has 3 rings (SSSR count). The zero-order valence-corrected chi connectivity index (χ0v) is 10.9. The molecule has 0 atom stereocenters. The highest BCUT2D eigenvalue weighted by molar-refractivity contribution is 5.81. The van der Waals surface area contributed by atoms with Crippen LogP contribution in [0.5, 0.6) is 0 Å². The number of hydrogen-bond donors (Lipinski definition) is 2. The highest BCUT2D eigenvalue weighted by Gasteiger charge is 2.02. The Balaban J connectivity index is 1.71. The van der Waals surface area contributed by atoms with Gasteiger partial charge in [0.25, 0.3) is 0 Å². The topological polar surface area (TPSA) is 53.6 Å². The molecular weight excluding hydrogens is 236 g/mol. The molecule has 4 nitrogen and oxygen atoms in total. The average molecular weight is 252 g/mol. The van der Waals surface area contributed by atoms with Gasteiger partial charge in [-0.2, -0.15) is 0 Å². The number of aromatic amines is 1. The molecule has 4 heteroatoms. The number of hydrogen-bond acceptors (Lipinski definition) is 3. The number of aryl methyl sites for hydroxylation is 1. The molecule has 1 aromatic carbocycles. The lowest BCUT2D eigenvalue weighted by molar-refractivity contribution is 1.000. The summed E-state index contributed by atoms with van der Waals surface area (Å²) in [6.45, 7) is 2.83. The first-order valence-corrected chi connectivity index (χ1v) is 6.41. The van der Waals surface area contributed by atoms with Crippen molar-refractivity contribution in [2.75, 3.05) is 11.9 Å². The zero-order chi connectivity index (χ0) is 13.1. The van der Waals surface area contributed by atoms with Gasteiger partial charge in [0.1, 0.15) is 0 Å². The van der Waals surface area contributed by atoms with Crippen LogP contribution in [0.25, 0.3) is 10.9 Å². The summed E-state index contributed by atoms with van der Waals surface area (Å²) < 4.78 is 0. The summed E-state index contributed by atoms with van der Waals surface area (Å²) in [6, 6.07) is 10.4. The fourth-order valence-corrected chi connectivity index (χ4v) is 2.19. The third-order valence-electron chi connectivity index (χ3n) is 3.11. The maximum absolute atomic E-state index is 4.46. The van der Waals surface area contributed by atoms with Crippen LogP contribution < -0.4 is 5.32 Å². The minimum absolute atomic E-state index is 0.825. The molecule has 0 saturated heterocycles. The van der Waals surface area contributed by atoms with Gasteiger partial charge in [-0.25, -0.2) is 4.98 Å². The molecule has 0 spiro atoms. The third-order valence-corrected chi connectivity index (χ3v) is 3.11. The Bertz CT molecular complexity index is 682. The quantitative estimate of drug-likeness (QED) is 0.750. The number of aromatic nitrogens is 3. The minimum atomic E-state index is 0.825. The molecule has 0 amide bonds. The third kappa shape index (κ3) is 2.57. The van der Waals surface area contributed by atoms with E-state index in [-0.39, 0.29) is 0 Å². The van der Waals surface area contributed by atoms with Gasteiger partial charge in [0.2, 0.25) is 0 Å². The number of rotatable bonds is 4. The van der Waals surface area contributed by atoms with E-state index in [1.165, 1.54) is 10.9 Å². The van der Waals surface area contributed by atoms with Gasteiger partial charge in [-0.1, -0.05) is 24.3 Å². The molecule has 0 radical (unpaired) electrons. The molecule has 2 heterocycles. The number of fused-ring (bicyclic) bond motifs is 1. The molecular formula is C15H16N4. The zero-order valence-electron chi connectivity index (χ0n) is 10.9. The monoisotopic (exact) mass is 252 g/mol. The molecule has 0 bridgehead atoms. The fraction of sp³-hybridized carbons (Fsp3) is 0.200. The van der Waals surface area contributed by atoms with E-state index < -0.39 is 0 Å². The molecule has 0 saturated carbocycles. The van der Waals surface area contributed by atoms with E-state index in [9.17, 15) is 0 Å². The summed E-state index contributed by atoms with van der Waals surface area (Å²) in [5.74, 6) is 0.825. The van der Waals surface area contributed by atoms with Gasteiger partial charge in [-0.3, -0.25) is 4.98 Å². The molecule has 19 heavy (non-hydrogen) atoms. The van der Waals surface area contributed by atoms with Crippen molar-refractivity contribution >= 4 is 16.9 Å². The molecule has 0 aliphatic rings. The second kappa shape index (κ2) is 5.10. The van der Waals surface area contributed by atoms with E-state index in [2.05, 4.69) is 44.5 Å². The van der Waals surface area contributed by atoms with Crippen LogP contribution >= 0.6 is 0 Å². The van der Waals surface area contributed by atoms with Crippen LogP contribution in [-0.4, -0.2) is 21.5 Å². The lowest BCUT2D eigenvalue weighted by Crippen LogP contribution is -2.06. The second-order valence-electron chi connectivity index (χ2n) is 4.58. The summed E-state index contributed by atoms with van der Waals surface area (Å²) in [6.07, 6.45) is 4.59. The van der Waals surface area contributed by atoms with E-state index in [0.717, 1.165) is 30.1 Å². The summed E-state index contributed by atoms with van der Waals surface area (Å²) >= 11 is 0. The summed E-state index contributed by atoms with van der Waals surface area (Å²) in [5.41, 5.74) is 3.41. The first-order valence-electron chi connectivity index (χ1n) is 6.41. The Labute approximate surface area is 111 Å². The van der Waals surface area contributed by atoms with Crippen molar-refractivity contribution < 1.29 is 0 Å². The van der Waals surface area contributed by atoms with Crippen LogP contribution in [0.1, 0.15) is 11.3 Å². The van der Waals surface area contributed by atoms with Crippen LogP contribution in [0.2, 0.25) is 0 Å². The lowest BCUT2D eigenvalue weighted by atomic mass is 10.1. The van der Waals surface area contributed by atoms with Crippen molar-refractivity contribution in [3.05, 3.63) is 54.0 Å². The van der Waals surface area contributed by atoms with Crippen molar-refractivity contribution in [1.82, 2.24) is 15.0 Å². The van der Waals surface area contributed by atoms with E-state index >= 15 is 0 Å². The first-order chi connectivity index (χ1) is 9.33. The van der Waals surface area contributed by atoms with Gasteiger partial charge < -0.3 is 10.3 Å². The molecule has 2 aromatic heterocycles. The number of H-pyrrole nitrogens is 1. The fourth-order valence-electron chi connectivity index (χ4n) is 2.19. The SMILES string of the molecule is Cc1cnc(NCCc2cccc3cccnc23)[nH]1. The molecule has 0 aliphatic carbocycles. The van der Waals surface area contributed by atoms with E-state index in [1.807, 2.05) is 25.4 Å². The Morgan fingerprint density at radius 2 is 2.05 bits per heavy atom. The van der Waals surface area contributed by atoms with Crippen LogP contribution in [0.15, 0.2) is 42.7 Å². The molecule has 0 fully saturated rings. The second-order valence-corrected chi connectivity index (χ2v) is 4.58. The summed E-state index contributed by atoms with van der Waals surface area (Å²) in [4.78, 5) is 11.8. The van der Waals surface area contributed by atoms with Crippen LogP contribution in [-0.2, 0) is 6.42 Å². The molecule has 2 N–H and O–H groups in total. The summed E-state index contributed by atoms with van der Waals surface area (Å²) in [5, 5.41) is 4.47. The molecule has 96 valence electrons. The molecule has 0 unspecified atom stereocenters. The van der Waals surface area contributed by atoms with E-state index in [4.69, 9.17) is 0 Å².